The first-order chi connectivity index (χ1) is 6.70. The first-order valence-corrected chi connectivity index (χ1v) is 5.53. The largest absolute Gasteiger partial charge is 0.288 e. The summed E-state index contributed by atoms with van der Waals surface area (Å²) in [5.41, 5.74) is 0.903. The van der Waals surface area contributed by atoms with Crippen LogP contribution in [0.15, 0.2) is 29.2 Å². The average Bonchev–Trinajstić information content (AvgIpc) is 2.15. The summed E-state index contributed by atoms with van der Waals surface area (Å²) < 4.78 is 0. The molecule has 0 heterocycles. The molecule has 0 radical (unpaired) electrons. The predicted octanol–water partition coefficient (Wildman–Crippen LogP) is 2.61. The maximum Gasteiger partial charge on any atom is 0.186 e. The minimum atomic E-state index is 0.0958. The number of thiol groups is 1. The lowest BCUT2D eigenvalue weighted by Crippen LogP contribution is -1.82. The van der Waals surface area contributed by atoms with Crippen molar-refractivity contribution < 1.29 is 4.79 Å². The maximum atomic E-state index is 10.6. The minimum Gasteiger partial charge on any atom is -0.288 e. The van der Waals surface area contributed by atoms with Gasteiger partial charge in [-0.05, 0) is 12.1 Å². The van der Waals surface area contributed by atoms with Crippen LogP contribution in [0.2, 0.25) is 0 Å². The van der Waals surface area contributed by atoms with Gasteiger partial charge in [-0.15, -0.1) is 12.6 Å². The van der Waals surface area contributed by atoms with Crippen molar-refractivity contribution >= 4 is 29.5 Å². The zero-order chi connectivity index (χ0) is 10.4. The van der Waals surface area contributed by atoms with Crippen LogP contribution in [0.3, 0.4) is 0 Å². The Kier molecular flexibility index (Phi) is 4.64. The lowest BCUT2D eigenvalue weighted by Gasteiger charge is -1.93. The van der Waals surface area contributed by atoms with E-state index in [2.05, 4.69) is 24.5 Å². The monoisotopic (exact) mass is 222 g/mol. The van der Waals surface area contributed by atoms with Gasteiger partial charge in [0, 0.05) is 17.4 Å². The fraction of sp³-hybridized carbons (Fsp3) is 0.182. The molecule has 0 saturated heterocycles. The molecule has 0 N–H and O–H groups in total. The summed E-state index contributed by atoms with van der Waals surface area (Å²) in [7, 11) is 0. The zero-order valence-corrected chi connectivity index (χ0v) is 9.49. The molecule has 0 unspecified atom stereocenters. The van der Waals surface area contributed by atoms with Gasteiger partial charge in [-0.3, -0.25) is 4.79 Å². The van der Waals surface area contributed by atoms with E-state index in [1.54, 1.807) is 6.92 Å². The first kappa shape index (κ1) is 11.2. The molecule has 1 rings (SSSR count). The second-order valence-electron chi connectivity index (χ2n) is 2.60. The number of carbonyl (C=O) groups excluding carboxylic acids is 1. The summed E-state index contributed by atoms with van der Waals surface area (Å²) >= 11 is 5.48. The van der Waals surface area contributed by atoms with Crippen molar-refractivity contribution in [3.63, 3.8) is 0 Å². The molecule has 1 aromatic carbocycles. The van der Waals surface area contributed by atoms with Crippen molar-refractivity contribution in [2.75, 3.05) is 5.75 Å². The van der Waals surface area contributed by atoms with Crippen LogP contribution in [0.5, 0.6) is 0 Å². The highest BCUT2D eigenvalue weighted by Gasteiger charge is 1.92. The Hall–Kier alpha value is -0.850. The normalized spacial score (nSPS) is 9.00. The quantitative estimate of drug-likeness (QED) is 0.581. The molecule has 0 aliphatic carbocycles. The number of hydrogen-bond acceptors (Lipinski definition) is 3. The van der Waals surface area contributed by atoms with Gasteiger partial charge in [0.2, 0.25) is 0 Å². The molecule has 0 fully saturated rings. The fourth-order valence-electron chi connectivity index (χ4n) is 0.848. The van der Waals surface area contributed by atoms with E-state index in [4.69, 9.17) is 0 Å². The van der Waals surface area contributed by atoms with Gasteiger partial charge in [0.05, 0.1) is 5.75 Å². The smallest absolute Gasteiger partial charge is 0.186 e. The van der Waals surface area contributed by atoms with Crippen LogP contribution in [0.1, 0.15) is 12.5 Å². The molecule has 0 bridgehead atoms. The molecule has 14 heavy (non-hydrogen) atoms. The Morgan fingerprint density at radius 2 is 2.21 bits per heavy atom. The average molecular weight is 222 g/mol. The number of rotatable bonds is 1. The lowest BCUT2D eigenvalue weighted by atomic mass is 10.2. The first-order valence-electron chi connectivity index (χ1n) is 4.10. The fourth-order valence-corrected chi connectivity index (χ4v) is 1.41. The van der Waals surface area contributed by atoms with E-state index >= 15 is 0 Å². The molecule has 72 valence electrons. The van der Waals surface area contributed by atoms with Gasteiger partial charge in [-0.1, -0.05) is 35.7 Å². The number of carbonyl (C=O) groups is 1. The van der Waals surface area contributed by atoms with Gasteiger partial charge < -0.3 is 0 Å². The van der Waals surface area contributed by atoms with Crippen molar-refractivity contribution in [2.24, 2.45) is 0 Å². The lowest BCUT2D eigenvalue weighted by molar-refractivity contribution is -0.109. The Balaban J connectivity index is 2.59. The van der Waals surface area contributed by atoms with Crippen molar-refractivity contribution in [1.82, 2.24) is 0 Å². The molecule has 1 aromatic rings. The Bertz CT molecular complexity index is 388. The molecule has 0 spiro atoms. The highest BCUT2D eigenvalue weighted by atomic mass is 32.2. The Morgan fingerprint density at radius 3 is 2.86 bits per heavy atom. The molecule has 0 saturated carbocycles. The molecular weight excluding hydrogens is 212 g/mol. The summed E-state index contributed by atoms with van der Waals surface area (Å²) in [6.45, 7) is 1.54. The number of benzene rings is 1. The third kappa shape index (κ3) is 3.91. The van der Waals surface area contributed by atoms with Gasteiger partial charge >= 0.3 is 0 Å². The van der Waals surface area contributed by atoms with E-state index in [1.165, 1.54) is 11.8 Å². The third-order valence-electron chi connectivity index (χ3n) is 1.47. The number of thioether (sulfide) groups is 1. The second kappa shape index (κ2) is 5.79. The van der Waals surface area contributed by atoms with E-state index in [-0.39, 0.29) is 5.12 Å². The second-order valence-corrected chi connectivity index (χ2v) is 4.23. The molecule has 0 aliphatic heterocycles. The van der Waals surface area contributed by atoms with Crippen molar-refractivity contribution in [3.8, 4) is 11.8 Å². The number of hydrogen-bond donors (Lipinski definition) is 1. The molecule has 0 atom stereocenters. The van der Waals surface area contributed by atoms with Gasteiger partial charge in [-0.2, -0.15) is 0 Å². The van der Waals surface area contributed by atoms with Gasteiger partial charge in [-0.25, -0.2) is 0 Å². The molecule has 0 amide bonds. The zero-order valence-electron chi connectivity index (χ0n) is 7.78. The van der Waals surface area contributed by atoms with Crippen LogP contribution in [0.25, 0.3) is 0 Å². The molecule has 0 aliphatic rings. The molecule has 3 heteroatoms. The van der Waals surface area contributed by atoms with Crippen molar-refractivity contribution in [3.05, 3.63) is 29.8 Å². The summed E-state index contributed by atoms with van der Waals surface area (Å²) in [6, 6.07) is 7.64. The highest BCUT2D eigenvalue weighted by molar-refractivity contribution is 8.13. The van der Waals surface area contributed by atoms with E-state index in [0.29, 0.717) is 5.75 Å². The van der Waals surface area contributed by atoms with Gasteiger partial charge in [0.25, 0.3) is 0 Å². The Morgan fingerprint density at radius 1 is 1.50 bits per heavy atom. The molecule has 1 nitrogen and oxygen atoms in total. The van der Waals surface area contributed by atoms with Crippen LogP contribution in [0, 0.1) is 11.8 Å². The highest BCUT2D eigenvalue weighted by Crippen LogP contribution is 2.11. The van der Waals surface area contributed by atoms with Crippen LogP contribution in [0.4, 0.5) is 0 Å². The predicted molar refractivity (Wildman–Crippen MR) is 63.7 cm³/mol. The molecular formula is C11H10OS2. The van der Waals surface area contributed by atoms with E-state index in [0.717, 1.165) is 10.5 Å². The third-order valence-corrected chi connectivity index (χ3v) is 2.56. The van der Waals surface area contributed by atoms with Crippen LogP contribution in [-0.4, -0.2) is 10.9 Å². The van der Waals surface area contributed by atoms with Crippen LogP contribution >= 0.6 is 24.4 Å². The van der Waals surface area contributed by atoms with E-state index in [1.807, 2.05) is 24.3 Å². The van der Waals surface area contributed by atoms with Gasteiger partial charge in [0.1, 0.15) is 0 Å². The van der Waals surface area contributed by atoms with Crippen molar-refractivity contribution in [2.45, 2.75) is 11.8 Å². The summed E-state index contributed by atoms with van der Waals surface area (Å²) in [6.07, 6.45) is 0. The topological polar surface area (TPSA) is 17.1 Å². The standard InChI is InChI=1S/C11H10OS2/c1-9(12)14-8-4-6-10-5-2-3-7-11(10)13/h2-3,5,7,13H,8H2,1H3. The van der Waals surface area contributed by atoms with Crippen LogP contribution < -0.4 is 0 Å². The van der Waals surface area contributed by atoms with Crippen LogP contribution in [-0.2, 0) is 4.79 Å². The van der Waals surface area contributed by atoms with Gasteiger partial charge in [0.15, 0.2) is 5.12 Å². The maximum absolute atomic E-state index is 10.6. The Labute approximate surface area is 93.7 Å². The molecule has 0 aromatic heterocycles. The summed E-state index contributed by atoms with van der Waals surface area (Å²) in [4.78, 5) is 11.5. The minimum absolute atomic E-state index is 0.0958. The van der Waals surface area contributed by atoms with E-state index in [9.17, 15) is 4.79 Å². The summed E-state index contributed by atoms with van der Waals surface area (Å²) in [5.74, 6) is 6.43. The summed E-state index contributed by atoms with van der Waals surface area (Å²) in [5, 5.41) is 0.0958. The van der Waals surface area contributed by atoms with E-state index < -0.39 is 0 Å². The van der Waals surface area contributed by atoms with Crippen molar-refractivity contribution in [1.29, 1.82) is 0 Å². The SMILES string of the molecule is CC(=O)SCC#Cc1ccccc1S.